The molecule has 10 nitrogen and oxygen atoms in total. The zero-order valence-electron chi connectivity index (χ0n) is 25.3. The maximum atomic E-state index is 13.5. The van der Waals surface area contributed by atoms with Crippen LogP contribution in [-0.4, -0.2) is 88.4 Å². The summed E-state index contributed by atoms with van der Waals surface area (Å²) in [6, 6.07) is 8.49. The third-order valence-electron chi connectivity index (χ3n) is 8.70. The van der Waals surface area contributed by atoms with E-state index in [-0.39, 0.29) is 29.4 Å². The number of likely N-dealkylation sites (N-methyl/N-ethyl adjacent to an activating group) is 1. The molecular weight excluding hydrogens is 532 g/mol. The molecule has 0 unspecified atom stereocenters. The van der Waals surface area contributed by atoms with Gasteiger partial charge in [0, 0.05) is 58.7 Å². The number of rotatable bonds is 12. The first-order valence-corrected chi connectivity index (χ1v) is 15.4. The second-order valence-corrected chi connectivity index (χ2v) is 11.8. The average Bonchev–Trinajstić information content (AvgIpc) is 3.45. The first kappa shape index (κ1) is 31.4. The number of Topliss-reactive ketones (excluding diaryl/α,β-unsaturated/α-hetero) is 1. The molecule has 42 heavy (non-hydrogen) atoms. The van der Waals surface area contributed by atoms with Gasteiger partial charge in [-0.15, -0.1) is 0 Å². The van der Waals surface area contributed by atoms with Crippen LogP contribution in [0.1, 0.15) is 73.5 Å². The highest BCUT2D eigenvalue weighted by Gasteiger charge is 2.31. The van der Waals surface area contributed by atoms with Crippen molar-refractivity contribution in [2.24, 2.45) is 13.0 Å². The van der Waals surface area contributed by atoms with Gasteiger partial charge in [0.05, 0.1) is 6.04 Å². The Morgan fingerprint density at radius 2 is 1.57 bits per heavy atom. The number of benzene rings is 1. The molecule has 228 valence electrons. The first-order chi connectivity index (χ1) is 20.2. The second kappa shape index (κ2) is 15.1. The first-order valence-electron chi connectivity index (χ1n) is 15.4. The number of aromatic nitrogens is 2. The van der Waals surface area contributed by atoms with E-state index in [1.807, 2.05) is 36.2 Å². The van der Waals surface area contributed by atoms with Gasteiger partial charge in [0.2, 0.25) is 11.8 Å². The molecule has 4 rings (SSSR count). The molecule has 0 radical (unpaired) electrons. The summed E-state index contributed by atoms with van der Waals surface area (Å²) in [6.07, 6.45) is 8.44. The van der Waals surface area contributed by atoms with Gasteiger partial charge in [0.1, 0.15) is 11.7 Å². The van der Waals surface area contributed by atoms with Crippen LogP contribution in [0.15, 0.2) is 36.5 Å². The van der Waals surface area contributed by atoms with Crippen LogP contribution in [0, 0.1) is 5.92 Å². The van der Waals surface area contributed by atoms with E-state index in [1.165, 1.54) is 11.1 Å². The van der Waals surface area contributed by atoms with Crippen molar-refractivity contribution in [3.8, 4) is 0 Å². The molecule has 1 aliphatic heterocycles. The Labute approximate surface area is 249 Å². The van der Waals surface area contributed by atoms with E-state index in [0.29, 0.717) is 44.5 Å². The van der Waals surface area contributed by atoms with Crippen LogP contribution in [0.2, 0.25) is 0 Å². The Morgan fingerprint density at radius 3 is 2.19 bits per heavy atom. The number of hydrogen-bond donors (Lipinski definition) is 2. The fraction of sp³-hybridized carbons (Fsp3) is 0.594. The minimum atomic E-state index is -0.604. The fourth-order valence-electron chi connectivity index (χ4n) is 5.99. The van der Waals surface area contributed by atoms with E-state index >= 15 is 0 Å². The van der Waals surface area contributed by atoms with Crippen molar-refractivity contribution in [3.05, 3.63) is 53.3 Å². The number of amides is 3. The van der Waals surface area contributed by atoms with Gasteiger partial charge in [0.25, 0.3) is 5.91 Å². The third kappa shape index (κ3) is 8.50. The van der Waals surface area contributed by atoms with Gasteiger partial charge in [-0.25, -0.2) is 0 Å². The van der Waals surface area contributed by atoms with Gasteiger partial charge >= 0.3 is 0 Å². The summed E-state index contributed by atoms with van der Waals surface area (Å²) in [4.78, 5) is 56.0. The molecule has 1 saturated carbocycles. The lowest BCUT2D eigenvalue weighted by Gasteiger charge is -2.34. The Hall–Kier alpha value is -3.53. The van der Waals surface area contributed by atoms with Crippen molar-refractivity contribution >= 4 is 23.5 Å². The quantitative estimate of drug-likeness (QED) is 0.400. The molecule has 2 aromatic rings. The summed E-state index contributed by atoms with van der Waals surface area (Å²) >= 11 is 0. The molecule has 10 heteroatoms. The number of carbonyl (C=O) groups excluding carboxylic acids is 4. The Bertz CT molecular complexity index is 1210. The average molecular weight is 579 g/mol. The van der Waals surface area contributed by atoms with Crippen molar-refractivity contribution < 1.29 is 19.2 Å². The molecule has 0 bridgehead atoms. The van der Waals surface area contributed by atoms with Crippen molar-refractivity contribution in [3.63, 3.8) is 0 Å². The summed E-state index contributed by atoms with van der Waals surface area (Å²) in [5, 5.41) is 10.0. The topological polar surface area (TPSA) is 117 Å². The van der Waals surface area contributed by atoms with Crippen LogP contribution in [0.4, 0.5) is 0 Å². The third-order valence-corrected chi connectivity index (χ3v) is 8.70. The number of nitrogens with zero attached hydrogens (tertiary/aromatic N) is 4. The SMILES string of the molecule is CCC(=O)N[C@H](Cc1ccc(CCC(=O)[C@@H](NC(=O)c2ccnn2C)C2CCCCC2)cc1)C(=O)N1CCN(C)CC1. The molecule has 2 heterocycles. The van der Waals surface area contributed by atoms with Crippen molar-refractivity contribution in [1.29, 1.82) is 0 Å². The standard InChI is InChI=1S/C32H46N6O4/c1-4-29(40)34-26(32(42)38-20-18-36(2)19-21-38)22-24-12-10-23(11-13-24)14-15-28(39)30(25-8-6-5-7-9-25)35-31(41)27-16-17-33-37(27)3/h10-13,16-17,25-26,30H,4-9,14-15,18-22H2,1-3H3,(H,34,40)(H,35,41)/t26-,30+/m1/s1. The Morgan fingerprint density at radius 1 is 0.905 bits per heavy atom. The maximum absolute atomic E-state index is 13.5. The van der Waals surface area contributed by atoms with Crippen LogP contribution < -0.4 is 10.6 Å². The highest BCUT2D eigenvalue weighted by molar-refractivity contribution is 5.97. The molecule has 3 amide bonds. The van der Waals surface area contributed by atoms with Gasteiger partial charge in [-0.05, 0) is 49.4 Å². The van der Waals surface area contributed by atoms with Gasteiger partial charge in [0.15, 0.2) is 5.78 Å². The van der Waals surface area contributed by atoms with Gasteiger partial charge < -0.3 is 20.4 Å². The normalized spacial score (nSPS) is 17.8. The number of hydrogen-bond acceptors (Lipinski definition) is 6. The van der Waals surface area contributed by atoms with Crippen molar-refractivity contribution in [2.75, 3.05) is 33.2 Å². The van der Waals surface area contributed by atoms with Crippen molar-refractivity contribution in [2.45, 2.75) is 76.8 Å². The van der Waals surface area contributed by atoms with Gasteiger partial charge in [-0.3, -0.25) is 23.9 Å². The van der Waals surface area contributed by atoms with E-state index in [4.69, 9.17) is 0 Å². The summed E-state index contributed by atoms with van der Waals surface area (Å²) in [5.41, 5.74) is 2.42. The molecule has 2 fully saturated rings. The smallest absolute Gasteiger partial charge is 0.270 e. The van der Waals surface area contributed by atoms with Crippen LogP contribution in [0.5, 0.6) is 0 Å². The number of carbonyl (C=O) groups is 4. The Kier molecular flexibility index (Phi) is 11.3. The second-order valence-electron chi connectivity index (χ2n) is 11.8. The molecule has 1 aromatic carbocycles. The highest BCUT2D eigenvalue weighted by Crippen LogP contribution is 2.28. The number of ketones is 1. The van der Waals surface area contributed by atoms with Gasteiger partial charge in [-0.1, -0.05) is 50.5 Å². The van der Waals surface area contributed by atoms with Crippen molar-refractivity contribution in [1.82, 2.24) is 30.2 Å². The predicted octanol–water partition coefficient (Wildman–Crippen LogP) is 2.51. The summed E-state index contributed by atoms with van der Waals surface area (Å²) in [5.74, 6) is -0.234. The van der Waals surface area contributed by atoms with Crippen LogP contribution in [0.3, 0.4) is 0 Å². The fourth-order valence-corrected chi connectivity index (χ4v) is 5.99. The summed E-state index contributed by atoms with van der Waals surface area (Å²) in [6.45, 7) is 4.74. The van der Waals surface area contributed by atoms with E-state index < -0.39 is 12.1 Å². The molecule has 1 aromatic heterocycles. The number of piperazine rings is 1. The van der Waals surface area contributed by atoms with E-state index in [2.05, 4.69) is 20.6 Å². The van der Waals surface area contributed by atoms with Crippen LogP contribution >= 0.6 is 0 Å². The lowest BCUT2D eigenvalue weighted by Crippen LogP contribution is -2.54. The van der Waals surface area contributed by atoms with E-state index in [0.717, 1.165) is 49.9 Å². The predicted molar refractivity (Wildman–Crippen MR) is 161 cm³/mol. The molecule has 1 aliphatic carbocycles. The molecule has 2 aliphatic rings. The summed E-state index contributed by atoms with van der Waals surface area (Å²) < 4.78 is 1.52. The van der Waals surface area contributed by atoms with Crippen LogP contribution in [0.25, 0.3) is 0 Å². The number of nitrogens with one attached hydrogen (secondary N) is 2. The molecular formula is C32H46N6O4. The summed E-state index contributed by atoms with van der Waals surface area (Å²) in [7, 11) is 3.76. The minimum Gasteiger partial charge on any atom is -0.344 e. The largest absolute Gasteiger partial charge is 0.344 e. The lowest BCUT2D eigenvalue weighted by molar-refractivity contribution is -0.137. The number of aryl methyl sites for hydroxylation is 2. The molecule has 1 saturated heterocycles. The van der Waals surface area contributed by atoms with Crippen LogP contribution in [-0.2, 0) is 34.3 Å². The molecule has 2 atom stereocenters. The lowest BCUT2D eigenvalue weighted by atomic mass is 9.81. The maximum Gasteiger partial charge on any atom is 0.270 e. The van der Waals surface area contributed by atoms with E-state index in [1.54, 1.807) is 26.2 Å². The highest BCUT2D eigenvalue weighted by atomic mass is 16.2. The minimum absolute atomic E-state index is 0.0403. The zero-order chi connectivity index (χ0) is 30.1. The monoisotopic (exact) mass is 578 g/mol. The van der Waals surface area contributed by atoms with E-state index in [9.17, 15) is 19.2 Å². The van der Waals surface area contributed by atoms with Gasteiger partial charge in [-0.2, -0.15) is 5.10 Å². The Balaban J connectivity index is 1.37. The molecule has 2 N–H and O–H groups in total. The zero-order valence-corrected chi connectivity index (χ0v) is 25.3. The molecule has 0 spiro atoms.